The van der Waals surface area contributed by atoms with Gasteiger partial charge in [0, 0.05) is 10.6 Å². The van der Waals surface area contributed by atoms with Crippen LogP contribution in [0, 0.1) is 12.8 Å². The third kappa shape index (κ3) is 2.72. The first-order valence-electron chi connectivity index (χ1n) is 8.96. The summed E-state index contributed by atoms with van der Waals surface area (Å²) >= 11 is 1.75. The molecule has 0 spiro atoms. The van der Waals surface area contributed by atoms with Crippen molar-refractivity contribution in [3.8, 4) is 0 Å². The van der Waals surface area contributed by atoms with Crippen LogP contribution in [0.5, 0.6) is 0 Å². The van der Waals surface area contributed by atoms with Gasteiger partial charge in [0.2, 0.25) is 0 Å². The maximum Gasteiger partial charge on any atom is 0.282 e. The predicted octanol–water partition coefficient (Wildman–Crippen LogP) is 3.95. The fourth-order valence-electron chi connectivity index (χ4n) is 3.79. The summed E-state index contributed by atoms with van der Waals surface area (Å²) in [6.07, 6.45) is 2.40. The van der Waals surface area contributed by atoms with Crippen molar-refractivity contribution in [1.29, 1.82) is 0 Å². The lowest BCUT2D eigenvalue weighted by Crippen LogP contribution is -2.08. The van der Waals surface area contributed by atoms with Gasteiger partial charge in [-0.05, 0) is 43.7 Å². The molecular weight excluding hydrogens is 370 g/mol. The average Bonchev–Trinajstić information content (AvgIpc) is 3.29. The van der Waals surface area contributed by atoms with Gasteiger partial charge >= 0.3 is 0 Å². The van der Waals surface area contributed by atoms with Gasteiger partial charge in [-0.3, -0.25) is 4.68 Å². The van der Waals surface area contributed by atoms with E-state index in [9.17, 15) is 8.78 Å². The standard InChI is InChI=1S/C18H18F2N6S/c1-9-3-4-11-13(5-9)27-18-15(11)17-22-14(24-26(17)8-21-18)7-25-10(2)6-12(23-25)16(19)20/h6,8-9,16H,3-5,7H2,1-2H3/t9-/m1/s1. The molecule has 27 heavy (non-hydrogen) atoms. The highest BCUT2D eigenvalue weighted by Crippen LogP contribution is 2.38. The van der Waals surface area contributed by atoms with E-state index >= 15 is 0 Å². The number of fused-ring (bicyclic) bond motifs is 5. The van der Waals surface area contributed by atoms with Crippen LogP contribution in [0.3, 0.4) is 0 Å². The van der Waals surface area contributed by atoms with Crippen molar-refractivity contribution in [2.45, 2.75) is 46.1 Å². The first-order valence-corrected chi connectivity index (χ1v) is 9.78. The molecule has 0 radical (unpaired) electrons. The van der Waals surface area contributed by atoms with E-state index in [4.69, 9.17) is 4.98 Å². The van der Waals surface area contributed by atoms with Gasteiger partial charge in [0.25, 0.3) is 6.43 Å². The molecule has 4 heterocycles. The number of aryl methyl sites for hydroxylation is 2. The zero-order chi connectivity index (χ0) is 18.7. The molecule has 9 heteroatoms. The molecule has 6 nitrogen and oxygen atoms in total. The molecule has 1 aliphatic rings. The molecule has 0 fully saturated rings. The minimum Gasteiger partial charge on any atom is -0.262 e. The van der Waals surface area contributed by atoms with Crippen LogP contribution in [-0.2, 0) is 19.4 Å². The Hall–Kier alpha value is -2.42. The van der Waals surface area contributed by atoms with Crippen molar-refractivity contribution in [2.75, 3.05) is 0 Å². The number of rotatable bonds is 3. The van der Waals surface area contributed by atoms with Crippen LogP contribution in [0.2, 0.25) is 0 Å². The molecule has 0 aliphatic heterocycles. The van der Waals surface area contributed by atoms with Gasteiger partial charge in [-0.15, -0.1) is 16.4 Å². The Morgan fingerprint density at radius 3 is 2.96 bits per heavy atom. The normalized spacial score (nSPS) is 17.3. The topological polar surface area (TPSA) is 60.9 Å². The Morgan fingerprint density at radius 2 is 2.19 bits per heavy atom. The Kier molecular flexibility index (Phi) is 3.75. The van der Waals surface area contributed by atoms with E-state index in [-0.39, 0.29) is 12.2 Å². The van der Waals surface area contributed by atoms with E-state index < -0.39 is 6.43 Å². The number of aromatic nitrogens is 6. The van der Waals surface area contributed by atoms with E-state index in [0.29, 0.717) is 17.4 Å². The summed E-state index contributed by atoms with van der Waals surface area (Å²) in [4.78, 5) is 11.7. The van der Waals surface area contributed by atoms with Gasteiger partial charge in [-0.1, -0.05) is 6.92 Å². The zero-order valence-corrected chi connectivity index (χ0v) is 15.8. The highest BCUT2D eigenvalue weighted by molar-refractivity contribution is 7.19. The number of nitrogens with zero attached hydrogens (tertiary/aromatic N) is 6. The molecular formula is C18H18F2N6S. The number of hydrogen-bond donors (Lipinski definition) is 0. The second kappa shape index (κ2) is 6.05. The van der Waals surface area contributed by atoms with Crippen molar-refractivity contribution >= 4 is 27.2 Å². The summed E-state index contributed by atoms with van der Waals surface area (Å²) in [5.74, 6) is 1.24. The predicted molar refractivity (Wildman–Crippen MR) is 98.4 cm³/mol. The summed E-state index contributed by atoms with van der Waals surface area (Å²) in [7, 11) is 0. The zero-order valence-electron chi connectivity index (χ0n) is 15.0. The summed E-state index contributed by atoms with van der Waals surface area (Å²) in [6.45, 7) is 4.29. The van der Waals surface area contributed by atoms with Gasteiger partial charge in [-0.2, -0.15) is 5.10 Å². The second-order valence-corrected chi connectivity index (χ2v) is 8.33. The molecule has 4 aromatic heterocycles. The van der Waals surface area contributed by atoms with E-state index in [2.05, 4.69) is 22.1 Å². The first-order chi connectivity index (χ1) is 13.0. The number of halogens is 2. The van der Waals surface area contributed by atoms with E-state index in [1.807, 2.05) is 0 Å². The maximum absolute atomic E-state index is 12.9. The van der Waals surface area contributed by atoms with Gasteiger partial charge < -0.3 is 0 Å². The molecule has 5 rings (SSSR count). The Balaban J connectivity index is 1.58. The highest BCUT2D eigenvalue weighted by atomic mass is 32.1. The van der Waals surface area contributed by atoms with E-state index in [1.54, 1.807) is 29.1 Å². The van der Waals surface area contributed by atoms with Crippen LogP contribution >= 0.6 is 11.3 Å². The van der Waals surface area contributed by atoms with Crippen LogP contribution < -0.4 is 0 Å². The maximum atomic E-state index is 12.9. The van der Waals surface area contributed by atoms with Gasteiger partial charge in [0.1, 0.15) is 23.4 Å². The van der Waals surface area contributed by atoms with Crippen LogP contribution in [0.15, 0.2) is 12.4 Å². The van der Waals surface area contributed by atoms with E-state index in [1.165, 1.54) is 27.6 Å². The largest absolute Gasteiger partial charge is 0.282 e. The summed E-state index contributed by atoms with van der Waals surface area (Å²) < 4.78 is 29.0. The van der Waals surface area contributed by atoms with Crippen LogP contribution in [0.25, 0.3) is 15.9 Å². The molecule has 0 saturated heterocycles. The molecule has 0 unspecified atom stereocenters. The van der Waals surface area contributed by atoms with Crippen LogP contribution in [0.4, 0.5) is 8.78 Å². The molecule has 1 aliphatic carbocycles. The smallest absolute Gasteiger partial charge is 0.262 e. The molecule has 0 N–H and O–H groups in total. The fraction of sp³-hybridized carbons (Fsp3) is 0.444. The number of hydrogen-bond acceptors (Lipinski definition) is 5. The molecule has 4 aromatic rings. The molecule has 0 saturated carbocycles. The quantitative estimate of drug-likeness (QED) is 0.533. The lowest BCUT2D eigenvalue weighted by Gasteiger charge is -2.17. The third-order valence-corrected chi connectivity index (χ3v) is 6.35. The summed E-state index contributed by atoms with van der Waals surface area (Å²) in [6, 6.07) is 1.40. The first kappa shape index (κ1) is 16.7. The van der Waals surface area contributed by atoms with Crippen LogP contribution in [0.1, 0.15) is 47.4 Å². The highest BCUT2D eigenvalue weighted by Gasteiger charge is 2.24. The molecule has 1 atom stereocenters. The lowest BCUT2D eigenvalue weighted by molar-refractivity contribution is 0.145. The Bertz CT molecular complexity index is 1160. The minimum absolute atomic E-state index is 0.221. The minimum atomic E-state index is -2.58. The summed E-state index contributed by atoms with van der Waals surface area (Å²) in [5, 5.41) is 9.56. The molecule has 0 bridgehead atoms. The Labute approximate surface area is 157 Å². The fourth-order valence-corrected chi connectivity index (χ4v) is 5.13. The number of thiophene rings is 1. The van der Waals surface area contributed by atoms with Crippen molar-refractivity contribution in [3.63, 3.8) is 0 Å². The summed E-state index contributed by atoms with van der Waals surface area (Å²) in [5.41, 5.74) is 2.58. The van der Waals surface area contributed by atoms with Gasteiger partial charge in [-0.25, -0.2) is 23.3 Å². The molecule has 0 aromatic carbocycles. The second-order valence-electron chi connectivity index (χ2n) is 7.24. The van der Waals surface area contributed by atoms with Crippen molar-refractivity contribution in [2.24, 2.45) is 5.92 Å². The average molecular weight is 388 g/mol. The van der Waals surface area contributed by atoms with Gasteiger partial charge in [0.05, 0.1) is 5.39 Å². The van der Waals surface area contributed by atoms with Crippen LogP contribution in [-0.4, -0.2) is 29.4 Å². The molecule has 0 amide bonds. The van der Waals surface area contributed by atoms with E-state index in [0.717, 1.165) is 28.7 Å². The van der Waals surface area contributed by atoms with Crippen molar-refractivity contribution in [3.05, 3.63) is 40.0 Å². The SMILES string of the molecule is Cc1cc(C(F)F)nn1Cc1nc2c3c4c(sc3ncn2n1)C[C@H](C)CC4. The van der Waals surface area contributed by atoms with Crippen molar-refractivity contribution in [1.82, 2.24) is 29.4 Å². The monoisotopic (exact) mass is 388 g/mol. The number of alkyl halides is 2. The molecule has 140 valence electrons. The lowest BCUT2D eigenvalue weighted by atomic mass is 9.89. The van der Waals surface area contributed by atoms with Gasteiger partial charge in [0.15, 0.2) is 11.5 Å². The van der Waals surface area contributed by atoms with Crippen molar-refractivity contribution < 1.29 is 8.78 Å². The Morgan fingerprint density at radius 1 is 1.33 bits per heavy atom. The third-order valence-electron chi connectivity index (χ3n) is 5.19.